The molecule has 0 aromatic heterocycles. The summed E-state index contributed by atoms with van der Waals surface area (Å²) in [7, 11) is 0. The zero-order valence-corrected chi connectivity index (χ0v) is 19.3. The maximum Gasteiger partial charge on any atom is 0.410 e. The highest BCUT2D eigenvalue weighted by Gasteiger charge is 2.26. The summed E-state index contributed by atoms with van der Waals surface area (Å²) in [6.07, 6.45) is 2.01. The van der Waals surface area contributed by atoms with Gasteiger partial charge in [-0.1, -0.05) is 5.16 Å². The van der Waals surface area contributed by atoms with Crippen LogP contribution in [0.2, 0.25) is 0 Å². The van der Waals surface area contributed by atoms with E-state index in [-0.39, 0.29) is 36.2 Å². The lowest BCUT2D eigenvalue weighted by atomic mass is 10.1. The van der Waals surface area contributed by atoms with Crippen molar-refractivity contribution in [2.75, 3.05) is 31.1 Å². The van der Waals surface area contributed by atoms with E-state index in [9.17, 15) is 18.4 Å². The lowest BCUT2D eigenvalue weighted by Gasteiger charge is -2.32. The minimum Gasteiger partial charge on any atom is -0.461 e. The molecule has 3 rings (SSSR count). The lowest BCUT2D eigenvalue weighted by Crippen LogP contribution is -2.41. The topological polar surface area (TPSA) is 80.7 Å². The summed E-state index contributed by atoms with van der Waals surface area (Å²) in [4.78, 5) is 32.0. The van der Waals surface area contributed by atoms with Gasteiger partial charge in [-0.2, -0.15) is 0 Å². The third-order valence-corrected chi connectivity index (χ3v) is 5.60. The van der Waals surface area contributed by atoms with Gasteiger partial charge in [0.2, 0.25) is 0 Å². The van der Waals surface area contributed by atoms with Gasteiger partial charge in [0.15, 0.2) is 0 Å². The van der Waals surface area contributed by atoms with Crippen molar-refractivity contribution < 1.29 is 32.7 Å². The molecule has 0 spiro atoms. The second kappa shape index (κ2) is 11.3. The molecule has 0 bridgehead atoms. The van der Waals surface area contributed by atoms with Crippen molar-refractivity contribution in [3.63, 3.8) is 0 Å². The molecule has 0 atom stereocenters. The summed E-state index contributed by atoms with van der Waals surface area (Å²) in [6.45, 7) is 6.65. The summed E-state index contributed by atoms with van der Waals surface area (Å²) in [5.41, 5.74) is 1.06. The van der Waals surface area contributed by atoms with Crippen molar-refractivity contribution in [3.05, 3.63) is 29.3 Å². The summed E-state index contributed by atoms with van der Waals surface area (Å²) in [6, 6.07) is 2.22. The van der Waals surface area contributed by atoms with E-state index in [1.54, 1.807) is 9.80 Å². The van der Waals surface area contributed by atoms with Crippen LogP contribution < -0.4 is 4.90 Å². The number of hydrogen-bond donors (Lipinski definition) is 0. The second-order valence-electron chi connectivity index (χ2n) is 8.54. The standard InChI is InChI=1S/C23H31F2N3O5/c1-15(2)32-23(30)28-10-6-19(7-11-28)33-26-18-4-8-27(9-5-18)22-13-20(24)17(12-21(22)25)14-31-16(3)29/h12-13,15,19H,4-11,14H2,1-3H3. The SMILES string of the molecule is CC(=O)OCc1cc(F)c(N2CCC(=NOC3CCN(C(=O)OC(C)C)CC3)CC2)cc1F. The van der Waals surface area contributed by atoms with E-state index in [0.29, 0.717) is 51.9 Å². The predicted octanol–water partition coefficient (Wildman–Crippen LogP) is 4.01. The summed E-state index contributed by atoms with van der Waals surface area (Å²) in [5, 5.41) is 4.29. The number of benzene rings is 1. The molecule has 2 aliphatic heterocycles. The number of anilines is 1. The average Bonchev–Trinajstić information content (AvgIpc) is 2.78. The van der Waals surface area contributed by atoms with Crippen molar-refractivity contribution in [1.29, 1.82) is 0 Å². The number of likely N-dealkylation sites (tertiary alicyclic amines) is 1. The van der Waals surface area contributed by atoms with Gasteiger partial charge in [-0.3, -0.25) is 4.79 Å². The Labute approximate surface area is 192 Å². The number of amides is 1. The van der Waals surface area contributed by atoms with E-state index in [2.05, 4.69) is 5.16 Å². The fourth-order valence-electron chi connectivity index (χ4n) is 3.78. The smallest absolute Gasteiger partial charge is 0.410 e. The first-order valence-electron chi connectivity index (χ1n) is 11.3. The molecule has 2 saturated heterocycles. The number of esters is 1. The van der Waals surface area contributed by atoms with Gasteiger partial charge in [-0.15, -0.1) is 0 Å². The molecule has 1 amide bonds. The number of carbonyl (C=O) groups excluding carboxylic acids is 2. The molecule has 1 aromatic rings. The summed E-state index contributed by atoms with van der Waals surface area (Å²) < 4.78 is 38.8. The van der Waals surface area contributed by atoms with Crippen LogP contribution in [0.3, 0.4) is 0 Å². The van der Waals surface area contributed by atoms with Crippen molar-refractivity contribution >= 4 is 23.5 Å². The van der Waals surface area contributed by atoms with Gasteiger partial charge in [0.05, 0.1) is 17.5 Å². The first-order valence-corrected chi connectivity index (χ1v) is 11.3. The fraction of sp³-hybridized carbons (Fsp3) is 0.609. The van der Waals surface area contributed by atoms with Crippen LogP contribution in [0.1, 0.15) is 52.0 Å². The quantitative estimate of drug-likeness (QED) is 0.465. The molecule has 2 heterocycles. The van der Waals surface area contributed by atoms with Gasteiger partial charge < -0.3 is 24.1 Å². The third-order valence-electron chi connectivity index (χ3n) is 5.60. The van der Waals surface area contributed by atoms with E-state index in [1.807, 2.05) is 13.8 Å². The zero-order chi connectivity index (χ0) is 24.0. The largest absolute Gasteiger partial charge is 0.461 e. The minimum atomic E-state index is -0.612. The molecular formula is C23H31F2N3O5. The lowest BCUT2D eigenvalue weighted by molar-refractivity contribution is -0.142. The maximum absolute atomic E-state index is 14.5. The van der Waals surface area contributed by atoms with E-state index in [1.165, 1.54) is 6.92 Å². The van der Waals surface area contributed by atoms with Crippen LogP contribution >= 0.6 is 0 Å². The Morgan fingerprint density at radius 1 is 1.09 bits per heavy atom. The molecule has 0 saturated carbocycles. The number of ether oxygens (including phenoxy) is 2. The van der Waals surface area contributed by atoms with Crippen LogP contribution in [-0.4, -0.2) is 61.1 Å². The molecule has 33 heavy (non-hydrogen) atoms. The monoisotopic (exact) mass is 467 g/mol. The molecule has 182 valence electrons. The van der Waals surface area contributed by atoms with Crippen molar-refractivity contribution in [1.82, 2.24) is 4.90 Å². The Morgan fingerprint density at radius 3 is 2.36 bits per heavy atom. The Bertz CT molecular complexity index is 875. The molecule has 0 aliphatic carbocycles. The number of rotatable bonds is 6. The molecule has 2 aliphatic rings. The molecular weight excluding hydrogens is 436 g/mol. The first-order chi connectivity index (χ1) is 15.7. The second-order valence-corrected chi connectivity index (χ2v) is 8.54. The molecule has 0 N–H and O–H groups in total. The third kappa shape index (κ3) is 7.03. The van der Waals surface area contributed by atoms with E-state index in [4.69, 9.17) is 14.3 Å². The van der Waals surface area contributed by atoms with E-state index >= 15 is 0 Å². The molecule has 10 heteroatoms. The minimum absolute atomic E-state index is 0.00243. The predicted molar refractivity (Wildman–Crippen MR) is 118 cm³/mol. The van der Waals surface area contributed by atoms with Gasteiger partial charge >= 0.3 is 12.1 Å². The van der Waals surface area contributed by atoms with E-state index in [0.717, 1.165) is 17.8 Å². The van der Waals surface area contributed by atoms with Gasteiger partial charge in [0.1, 0.15) is 24.3 Å². The van der Waals surface area contributed by atoms with Crippen LogP contribution in [0.25, 0.3) is 0 Å². The Balaban J connectivity index is 1.47. The van der Waals surface area contributed by atoms with Crippen molar-refractivity contribution in [2.45, 2.75) is 65.3 Å². The van der Waals surface area contributed by atoms with Gasteiger partial charge in [0, 0.05) is 70.4 Å². The number of nitrogens with zero attached hydrogens (tertiary/aromatic N) is 3. The van der Waals surface area contributed by atoms with Crippen molar-refractivity contribution in [3.8, 4) is 0 Å². The normalized spacial score (nSPS) is 17.2. The molecule has 0 unspecified atom stereocenters. The highest BCUT2D eigenvalue weighted by Crippen LogP contribution is 2.26. The average molecular weight is 468 g/mol. The number of piperidine rings is 2. The molecule has 8 nitrogen and oxygen atoms in total. The fourth-order valence-corrected chi connectivity index (χ4v) is 3.78. The van der Waals surface area contributed by atoms with Gasteiger partial charge in [-0.25, -0.2) is 13.6 Å². The Morgan fingerprint density at radius 2 is 1.76 bits per heavy atom. The first kappa shape index (κ1) is 24.7. The highest BCUT2D eigenvalue weighted by atomic mass is 19.1. The maximum atomic E-state index is 14.5. The highest BCUT2D eigenvalue weighted by molar-refractivity contribution is 5.86. The van der Waals surface area contributed by atoms with Crippen LogP contribution in [0, 0.1) is 11.6 Å². The van der Waals surface area contributed by atoms with Crippen LogP contribution in [-0.2, 0) is 25.7 Å². The Kier molecular flexibility index (Phi) is 8.46. The summed E-state index contributed by atoms with van der Waals surface area (Å²) >= 11 is 0. The molecule has 1 aromatic carbocycles. The molecule has 2 fully saturated rings. The number of halogens is 2. The number of oxime groups is 1. The summed E-state index contributed by atoms with van der Waals surface area (Å²) in [5.74, 6) is -1.72. The zero-order valence-electron chi connectivity index (χ0n) is 19.3. The molecule has 0 radical (unpaired) electrons. The van der Waals surface area contributed by atoms with E-state index < -0.39 is 17.6 Å². The number of hydrogen-bond acceptors (Lipinski definition) is 7. The van der Waals surface area contributed by atoms with Crippen LogP contribution in [0.4, 0.5) is 19.3 Å². The van der Waals surface area contributed by atoms with Gasteiger partial charge in [-0.05, 0) is 19.9 Å². The Hall–Kier alpha value is -2.91. The van der Waals surface area contributed by atoms with Crippen LogP contribution in [0.15, 0.2) is 17.3 Å². The van der Waals surface area contributed by atoms with Crippen LogP contribution in [0.5, 0.6) is 0 Å². The number of carbonyl (C=O) groups is 2. The van der Waals surface area contributed by atoms with Gasteiger partial charge in [0.25, 0.3) is 0 Å². The van der Waals surface area contributed by atoms with Crippen molar-refractivity contribution in [2.24, 2.45) is 5.16 Å².